The fourth-order valence-corrected chi connectivity index (χ4v) is 4.34. The summed E-state index contributed by atoms with van der Waals surface area (Å²) in [5.41, 5.74) is -1.41. The molecule has 0 aromatic heterocycles. The summed E-state index contributed by atoms with van der Waals surface area (Å²) in [6.07, 6.45) is 0.805. The number of amides is 3. The van der Waals surface area contributed by atoms with Gasteiger partial charge in [0, 0.05) is 18.0 Å². The molecule has 40 heavy (non-hydrogen) atoms. The van der Waals surface area contributed by atoms with E-state index < -0.39 is 52.5 Å². The average Bonchev–Trinajstić information content (AvgIpc) is 2.81. The molecule has 0 aliphatic rings. The van der Waals surface area contributed by atoms with E-state index in [4.69, 9.17) is 4.74 Å². The topological polar surface area (TPSA) is 125 Å². The van der Waals surface area contributed by atoms with Crippen LogP contribution < -0.4 is 10.6 Å². The number of carbonyl (C=O) groups excluding carboxylic acids is 3. The molecule has 0 saturated carbocycles. The van der Waals surface area contributed by atoms with Crippen LogP contribution in [0.25, 0.3) is 0 Å². The van der Waals surface area contributed by atoms with Crippen LogP contribution >= 0.6 is 0 Å². The van der Waals surface area contributed by atoms with Crippen molar-refractivity contribution in [2.24, 2.45) is 11.3 Å². The molecule has 1 unspecified atom stereocenters. The first kappa shape index (κ1) is 34.7. The van der Waals surface area contributed by atoms with Crippen molar-refractivity contribution >= 4 is 23.9 Å². The number of alkyl carbamates (subject to hydrolysis) is 1. The van der Waals surface area contributed by atoms with Crippen LogP contribution in [0.5, 0.6) is 0 Å². The van der Waals surface area contributed by atoms with Crippen LogP contribution in [0.2, 0.25) is 0 Å². The van der Waals surface area contributed by atoms with E-state index in [9.17, 15) is 24.3 Å². The number of rotatable bonds is 10. The summed E-state index contributed by atoms with van der Waals surface area (Å²) in [6.45, 7) is 19.7. The monoisotopic (exact) mass is 559 g/mol. The normalized spacial score (nSPS) is 15.1. The van der Waals surface area contributed by atoms with Crippen LogP contribution in [0.3, 0.4) is 0 Å². The van der Waals surface area contributed by atoms with Gasteiger partial charge in [-0.15, -0.1) is 0 Å². The minimum atomic E-state index is -1.08. The molecule has 0 bridgehead atoms. The second-order valence-electron chi connectivity index (χ2n) is 13.3. The van der Waals surface area contributed by atoms with Crippen molar-refractivity contribution in [1.29, 1.82) is 0 Å². The molecule has 1 aromatic rings. The van der Waals surface area contributed by atoms with Gasteiger partial charge in [-0.3, -0.25) is 9.59 Å². The number of likely N-dealkylation sites (N-methyl/N-ethyl adjacent to an activating group) is 1. The number of nitrogens with one attached hydrogen (secondary N) is 2. The smallest absolute Gasteiger partial charge is 0.408 e. The Morgan fingerprint density at radius 2 is 1.43 bits per heavy atom. The van der Waals surface area contributed by atoms with Crippen LogP contribution in [0.4, 0.5) is 4.79 Å². The minimum absolute atomic E-state index is 0.0850. The molecule has 0 saturated heterocycles. The van der Waals surface area contributed by atoms with Crippen molar-refractivity contribution in [3.8, 4) is 0 Å². The van der Waals surface area contributed by atoms with Crippen LogP contribution in [0.15, 0.2) is 42.0 Å². The van der Waals surface area contributed by atoms with Gasteiger partial charge in [-0.1, -0.05) is 84.9 Å². The number of nitrogens with zero attached hydrogens (tertiary/aromatic N) is 1. The van der Waals surface area contributed by atoms with E-state index in [2.05, 4.69) is 10.6 Å². The summed E-state index contributed by atoms with van der Waals surface area (Å²) in [6, 6.07) is 6.77. The predicted molar refractivity (Wildman–Crippen MR) is 157 cm³/mol. The predicted octanol–water partition coefficient (Wildman–Crippen LogP) is 4.90. The highest BCUT2D eigenvalue weighted by Crippen LogP contribution is 2.29. The summed E-state index contributed by atoms with van der Waals surface area (Å²) in [5, 5.41) is 15.0. The average molecular weight is 560 g/mol. The Bertz CT molecular complexity index is 1080. The van der Waals surface area contributed by atoms with E-state index in [1.54, 1.807) is 33.9 Å². The second-order valence-corrected chi connectivity index (χ2v) is 13.3. The van der Waals surface area contributed by atoms with Crippen molar-refractivity contribution in [3.05, 3.63) is 47.5 Å². The van der Waals surface area contributed by atoms with E-state index in [0.29, 0.717) is 0 Å². The van der Waals surface area contributed by atoms with Crippen LogP contribution in [-0.4, -0.2) is 64.7 Å². The van der Waals surface area contributed by atoms with E-state index in [-0.39, 0.29) is 17.4 Å². The van der Waals surface area contributed by atoms with Gasteiger partial charge in [0.25, 0.3) is 0 Å². The summed E-state index contributed by atoms with van der Waals surface area (Å²) in [7, 11) is 1.61. The Morgan fingerprint density at radius 3 is 1.85 bits per heavy atom. The molecule has 3 amide bonds. The molecule has 0 spiro atoms. The van der Waals surface area contributed by atoms with Gasteiger partial charge in [-0.05, 0) is 44.6 Å². The Hall–Kier alpha value is -3.36. The SMILES string of the molecule is C/C(=C\[C@H](C(C)C)N(C)C(=O)C(NC(=O)[C@@H](NC(=O)OC(C)(C)C)C(C)(C)c1ccccc1)C(C)(C)C)C(=O)O. The highest BCUT2D eigenvalue weighted by molar-refractivity contribution is 5.93. The Kier molecular flexibility index (Phi) is 11.6. The zero-order chi connectivity index (χ0) is 31.2. The lowest BCUT2D eigenvalue weighted by Gasteiger charge is -2.40. The maximum absolute atomic E-state index is 14.0. The quantitative estimate of drug-likeness (QED) is 0.350. The van der Waals surface area contributed by atoms with Gasteiger partial charge in [0.1, 0.15) is 17.7 Å². The lowest BCUT2D eigenvalue weighted by molar-refractivity contribution is -0.141. The first-order valence-corrected chi connectivity index (χ1v) is 13.6. The molecule has 3 atom stereocenters. The number of carboxylic acids is 1. The number of carbonyl (C=O) groups is 4. The molecular formula is C31H49N3O6. The number of carboxylic acid groups (broad SMARTS) is 1. The standard InChI is InChI=1S/C31H49N3O6/c1-19(2)22(18-20(3)27(37)38)34(12)26(36)24(29(4,5)6)32-25(35)23(33-28(39)40-30(7,8)9)31(10,11)21-16-14-13-15-17-21/h13-19,22-24H,1-12H3,(H,32,35)(H,33,39)(H,37,38)/b20-18+/t22-,23-,24?/m1/s1. The molecular weight excluding hydrogens is 510 g/mol. The lowest BCUT2D eigenvalue weighted by Crippen LogP contribution is -2.63. The first-order valence-electron chi connectivity index (χ1n) is 13.6. The Labute approximate surface area is 239 Å². The van der Waals surface area contributed by atoms with E-state index in [1.165, 1.54) is 11.8 Å². The van der Waals surface area contributed by atoms with Crippen molar-refractivity contribution in [1.82, 2.24) is 15.5 Å². The molecule has 0 aliphatic heterocycles. The minimum Gasteiger partial charge on any atom is -0.478 e. The Morgan fingerprint density at radius 1 is 0.900 bits per heavy atom. The van der Waals surface area contributed by atoms with E-state index in [1.807, 2.05) is 78.8 Å². The van der Waals surface area contributed by atoms with Crippen molar-refractivity contribution in [2.45, 2.75) is 105 Å². The zero-order valence-electron chi connectivity index (χ0n) is 26.2. The molecule has 3 N–H and O–H groups in total. The maximum atomic E-state index is 14.0. The highest BCUT2D eigenvalue weighted by atomic mass is 16.6. The highest BCUT2D eigenvalue weighted by Gasteiger charge is 2.43. The largest absolute Gasteiger partial charge is 0.478 e. The number of hydrogen-bond donors (Lipinski definition) is 3. The third-order valence-electron chi connectivity index (χ3n) is 6.80. The van der Waals surface area contributed by atoms with Crippen molar-refractivity contribution in [3.63, 3.8) is 0 Å². The molecule has 0 fully saturated rings. The summed E-state index contributed by atoms with van der Waals surface area (Å²) >= 11 is 0. The lowest BCUT2D eigenvalue weighted by atomic mass is 9.76. The van der Waals surface area contributed by atoms with Gasteiger partial charge in [-0.25, -0.2) is 9.59 Å². The molecule has 9 nitrogen and oxygen atoms in total. The first-order chi connectivity index (χ1) is 18.1. The molecule has 1 aromatic carbocycles. The van der Waals surface area contributed by atoms with E-state index >= 15 is 0 Å². The van der Waals surface area contributed by atoms with Crippen molar-refractivity contribution < 1.29 is 29.0 Å². The van der Waals surface area contributed by atoms with Gasteiger partial charge in [0.15, 0.2) is 0 Å². The van der Waals surface area contributed by atoms with Crippen LogP contribution in [0, 0.1) is 11.3 Å². The van der Waals surface area contributed by atoms with Gasteiger partial charge in [0.05, 0.1) is 6.04 Å². The summed E-state index contributed by atoms with van der Waals surface area (Å²) in [4.78, 5) is 53.7. The van der Waals surface area contributed by atoms with E-state index in [0.717, 1.165) is 5.56 Å². The number of ether oxygens (including phenoxy) is 1. The molecule has 224 valence electrons. The van der Waals surface area contributed by atoms with Crippen molar-refractivity contribution in [2.75, 3.05) is 7.05 Å². The fraction of sp³-hybridized carbons (Fsp3) is 0.613. The van der Waals surface area contributed by atoms with Crippen LogP contribution in [0.1, 0.15) is 81.7 Å². The molecule has 0 aliphatic carbocycles. The number of aliphatic carboxylic acids is 1. The molecule has 0 heterocycles. The molecule has 1 rings (SSSR count). The number of benzene rings is 1. The maximum Gasteiger partial charge on any atom is 0.408 e. The third kappa shape index (κ3) is 9.68. The summed E-state index contributed by atoms with van der Waals surface area (Å²) in [5.74, 6) is -2.06. The molecule has 0 radical (unpaired) electrons. The number of hydrogen-bond acceptors (Lipinski definition) is 5. The third-order valence-corrected chi connectivity index (χ3v) is 6.80. The fourth-order valence-electron chi connectivity index (χ4n) is 4.34. The molecule has 9 heteroatoms. The summed E-state index contributed by atoms with van der Waals surface area (Å²) < 4.78 is 5.46. The van der Waals surface area contributed by atoms with Gasteiger partial charge in [-0.2, -0.15) is 0 Å². The zero-order valence-corrected chi connectivity index (χ0v) is 26.2. The van der Waals surface area contributed by atoms with Gasteiger partial charge in [0.2, 0.25) is 11.8 Å². The van der Waals surface area contributed by atoms with Gasteiger partial charge < -0.3 is 25.4 Å². The van der Waals surface area contributed by atoms with Crippen LogP contribution in [-0.2, 0) is 24.5 Å². The Balaban J connectivity index is 3.49. The van der Waals surface area contributed by atoms with Gasteiger partial charge >= 0.3 is 12.1 Å². The second kappa shape index (κ2) is 13.3.